The van der Waals surface area contributed by atoms with Gasteiger partial charge in [-0.3, -0.25) is 9.59 Å². The van der Waals surface area contributed by atoms with E-state index in [0.717, 1.165) is 10.5 Å². The number of nitrogens with one attached hydrogen (secondary N) is 2. The van der Waals surface area contributed by atoms with Crippen molar-refractivity contribution in [1.82, 2.24) is 0 Å². The molecule has 7 heteroatoms. The molecule has 1 unspecified atom stereocenters. The minimum Gasteiger partial charge on any atom is -0.497 e. The van der Waals surface area contributed by atoms with Gasteiger partial charge in [0.2, 0.25) is 5.91 Å². The number of hydrogen-bond acceptors (Lipinski definition) is 4. The molecule has 0 aliphatic rings. The van der Waals surface area contributed by atoms with Crippen molar-refractivity contribution in [3.8, 4) is 5.75 Å². The summed E-state index contributed by atoms with van der Waals surface area (Å²) in [6, 6.07) is 19.9. The highest BCUT2D eigenvalue weighted by Crippen LogP contribution is 2.29. The number of hydrogen-bond donors (Lipinski definition) is 2. The van der Waals surface area contributed by atoms with E-state index in [1.165, 1.54) is 11.8 Å². The second kappa shape index (κ2) is 11.1. The molecule has 0 saturated carbocycles. The fourth-order valence-electron chi connectivity index (χ4n) is 3.04. The molecule has 5 nitrogen and oxygen atoms in total. The monoisotopic (exact) mass is 468 g/mol. The van der Waals surface area contributed by atoms with E-state index in [-0.39, 0.29) is 17.1 Å². The Morgan fingerprint density at radius 2 is 1.81 bits per heavy atom. The van der Waals surface area contributed by atoms with Gasteiger partial charge >= 0.3 is 0 Å². The molecule has 0 heterocycles. The van der Waals surface area contributed by atoms with Crippen LogP contribution in [0.4, 0.5) is 11.4 Å². The molecule has 0 bridgehead atoms. The van der Waals surface area contributed by atoms with E-state index in [2.05, 4.69) is 10.6 Å². The van der Waals surface area contributed by atoms with Crippen LogP contribution in [0.25, 0.3) is 0 Å². The Morgan fingerprint density at radius 1 is 1.03 bits per heavy atom. The second-order valence-corrected chi connectivity index (χ2v) is 8.89. The van der Waals surface area contributed by atoms with E-state index in [1.54, 1.807) is 43.5 Å². The number of thioether (sulfide) groups is 1. The first-order valence-corrected chi connectivity index (χ1v) is 11.4. The topological polar surface area (TPSA) is 67.4 Å². The fourth-order valence-corrected chi connectivity index (χ4v) is 4.23. The quantitative estimate of drug-likeness (QED) is 0.374. The third kappa shape index (κ3) is 6.28. The largest absolute Gasteiger partial charge is 0.497 e. The molecule has 32 heavy (non-hydrogen) atoms. The minimum atomic E-state index is -0.294. The summed E-state index contributed by atoms with van der Waals surface area (Å²) in [6.45, 7) is 3.89. The molecule has 0 aliphatic carbocycles. The molecule has 2 amide bonds. The molecule has 2 N–H and O–H groups in total. The zero-order valence-corrected chi connectivity index (χ0v) is 19.7. The molecule has 0 aromatic heterocycles. The molecular formula is C25H25ClN2O3S. The Balaban J connectivity index is 1.68. The lowest BCUT2D eigenvalue weighted by Crippen LogP contribution is -2.25. The first-order valence-electron chi connectivity index (χ1n) is 10.2. The van der Waals surface area contributed by atoms with Crippen LogP contribution < -0.4 is 15.4 Å². The van der Waals surface area contributed by atoms with Crippen molar-refractivity contribution in [2.45, 2.75) is 30.4 Å². The average Bonchev–Trinajstić information content (AvgIpc) is 2.80. The lowest BCUT2D eigenvalue weighted by Gasteiger charge is -2.16. The van der Waals surface area contributed by atoms with Crippen LogP contribution in [0, 0.1) is 6.92 Å². The van der Waals surface area contributed by atoms with Gasteiger partial charge in [-0.05, 0) is 67.4 Å². The minimum absolute atomic E-state index is 0.0892. The standard InChI is InChI=1S/C25H25ClN2O3S/c1-4-23(25(30)28-22-14-18(26)12-11-16(22)2)32-21-10-6-8-19(15-21)27-24(29)17-7-5-9-20(13-17)31-3/h5-15,23H,4H2,1-3H3,(H,27,29)(H,28,30). The fraction of sp³-hybridized carbons (Fsp3) is 0.200. The lowest BCUT2D eigenvalue weighted by atomic mass is 10.2. The molecule has 1 atom stereocenters. The Hall–Kier alpha value is -2.96. The molecule has 0 saturated heterocycles. The number of methoxy groups -OCH3 is 1. The number of aryl methyl sites for hydroxylation is 1. The van der Waals surface area contributed by atoms with Gasteiger partial charge in [-0.2, -0.15) is 0 Å². The summed E-state index contributed by atoms with van der Waals surface area (Å²) in [7, 11) is 1.56. The van der Waals surface area contributed by atoms with Crippen molar-refractivity contribution in [2.75, 3.05) is 17.7 Å². The van der Waals surface area contributed by atoms with E-state index in [1.807, 2.05) is 44.2 Å². The van der Waals surface area contributed by atoms with Crippen molar-refractivity contribution < 1.29 is 14.3 Å². The predicted octanol–water partition coefficient (Wildman–Crippen LogP) is 6.42. The molecule has 0 aliphatic heterocycles. The Morgan fingerprint density at radius 3 is 2.56 bits per heavy atom. The van der Waals surface area contributed by atoms with Gasteiger partial charge < -0.3 is 15.4 Å². The maximum Gasteiger partial charge on any atom is 0.255 e. The number of ether oxygens (including phenoxy) is 1. The Kier molecular flexibility index (Phi) is 8.20. The SMILES string of the molecule is CCC(Sc1cccc(NC(=O)c2cccc(OC)c2)c1)C(=O)Nc1cc(Cl)ccc1C. The first-order chi connectivity index (χ1) is 15.4. The summed E-state index contributed by atoms with van der Waals surface area (Å²) in [6.07, 6.45) is 0.649. The van der Waals surface area contributed by atoms with Gasteiger partial charge in [0.05, 0.1) is 12.4 Å². The van der Waals surface area contributed by atoms with Crippen molar-refractivity contribution in [1.29, 1.82) is 0 Å². The number of benzene rings is 3. The molecule has 0 fully saturated rings. The summed E-state index contributed by atoms with van der Waals surface area (Å²) in [5, 5.41) is 6.16. The highest BCUT2D eigenvalue weighted by molar-refractivity contribution is 8.00. The smallest absolute Gasteiger partial charge is 0.255 e. The third-order valence-electron chi connectivity index (χ3n) is 4.82. The maximum absolute atomic E-state index is 12.9. The van der Waals surface area contributed by atoms with Crippen molar-refractivity contribution in [2.24, 2.45) is 0 Å². The highest BCUT2D eigenvalue weighted by Gasteiger charge is 2.19. The summed E-state index contributed by atoms with van der Waals surface area (Å²) < 4.78 is 5.18. The summed E-state index contributed by atoms with van der Waals surface area (Å²) in [4.78, 5) is 26.3. The molecule has 166 valence electrons. The summed E-state index contributed by atoms with van der Waals surface area (Å²) in [5.74, 6) is 0.301. The molecule has 3 aromatic rings. The van der Waals surface area contributed by atoms with E-state index in [0.29, 0.717) is 34.1 Å². The Labute approximate surface area is 197 Å². The van der Waals surface area contributed by atoms with Gasteiger partial charge in [-0.15, -0.1) is 11.8 Å². The molecule has 0 spiro atoms. The number of carbonyl (C=O) groups excluding carboxylic acids is 2. The molecule has 0 radical (unpaired) electrons. The van der Waals surface area contributed by atoms with Crippen LogP contribution in [-0.2, 0) is 4.79 Å². The number of halogens is 1. The first kappa shape index (κ1) is 23.7. The van der Waals surface area contributed by atoms with Gasteiger partial charge in [0.15, 0.2) is 0 Å². The number of rotatable bonds is 8. The third-order valence-corrected chi connectivity index (χ3v) is 6.42. The summed E-state index contributed by atoms with van der Waals surface area (Å²) in [5.41, 5.74) is 2.82. The van der Waals surface area contributed by atoms with Crippen LogP contribution >= 0.6 is 23.4 Å². The predicted molar refractivity (Wildman–Crippen MR) is 132 cm³/mol. The van der Waals surface area contributed by atoms with Gasteiger partial charge in [0.25, 0.3) is 5.91 Å². The van der Waals surface area contributed by atoms with Crippen LogP contribution in [0.15, 0.2) is 71.6 Å². The average molecular weight is 469 g/mol. The van der Waals surface area contributed by atoms with Crippen molar-refractivity contribution >= 4 is 46.6 Å². The zero-order chi connectivity index (χ0) is 23.1. The van der Waals surface area contributed by atoms with Crippen LogP contribution in [0.5, 0.6) is 5.75 Å². The van der Waals surface area contributed by atoms with Crippen LogP contribution in [0.2, 0.25) is 5.02 Å². The van der Waals surface area contributed by atoms with E-state index in [4.69, 9.17) is 16.3 Å². The van der Waals surface area contributed by atoms with Crippen LogP contribution in [0.1, 0.15) is 29.3 Å². The lowest BCUT2D eigenvalue weighted by molar-refractivity contribution is -0.115. The van der Waals surface area contributed by atoms with Gasteiger partial charge in [-0.25, -0.2) is 0 Å². The molecule has 3 aromatic carbocycles. The molecule has 3 rings (SSSR count). The van der Waals surface area contributed by atoms with Crippen molar-refractivity contribution in [3.63, 3.8) is 0 Å². The molecular weight excluding hydrogens is 444 g/mol. The van der Waals surface area contributed by atoms with E-state index in [9.17, 15) is 9.59 Å². The van der Waals surface area contributed by atoms with Crippen molar-refractivity contribution in [3.05, 3.63) is 82.9 Å². The van der Waals surface area contributed by atoms with Crippen LogP contribution in [-0.4, -0.2) is 24.2 Å². The Bertz CT molecular complexity index is 1120. The van der Waals surface area contributed by atoms with Gasteiger partial charge in [-0.1, -0.05) is 36.7 Å². The van der Waals surface area contributed by atoms with E-state index >= 15 is 0 Å². The maximum atomic E-state index is 12.9. The van der Waals surface area contributed by atoms with Crippen LogP contribution in [0.3, 0.4) is 0 Å². The highest BCUT2D eigenvalue weighted by atomic mass is 35.5. The summed E-state index contributed by atoms with van der Waals surface area (Å²) >= 11 is 7.52. The zero-order valence-electron chi connectivity index (χ0n) is 18.1. The normalized spacial score (nSPS) is 11.5. The number of carbonyl (C=O) groups is 2. The van der Waals surface area contributed by atoms with E-state index < -0.39 is 0 Å². The second-order valence-electron chi connectivity index (χ2n) is 7.18. The number of anilines is 2. The van der Waals surface area contributed by atoms with Gasteiger partial charge in [0.1, 0.15) is 5.75 Å². The number of amides is 2. The van der Waals surface area contributed by atoms with Gasteiger partial charge in [0, 0.05) is 26.9 Å².